The van der Waals surface area contributed by atoms with Crippen LogP contribution in [0.25, 0.3) is 0 Å². The second-order valence-corrected chi connectivity index (χ2v) is 3.53. The Hall–Kier alpha value is -2.24. The predicted molar refractivity (Wildman–Crippen MR) is 61.0 cm³/mol. The first-order chi connectivity index (χ1) is 8.34. The van der Waals surface area contributed by atoms with Crippen molar-refractivity contribution in [3.8, 4) is 0 Å². The van der Waals surface area contributed by atoms with Gasteiger partial charge in [0.1, 0.15) is 12.2 Å². The summed E-state index contributed by atoms with van der Waals surface area (Å²) in [6, 6.07) is 5.52. The zero-order valence-corrected chi connectivity index (χ0v) is 9.26. The van der Waals surface area contributed by atoms with Crippen LogP contribution in [0.4, 0.5) is 0 Å². The van der Waals surface area contributed by atoms with Crippen LogP contribution in [-0.4, -0.2) is 32.6 Å². The summed E-state index contributed by atoms with van der Waals surface area (Å²) in [4.78, 5) is 19.6. The van der Waals surface area contributed by atoms with Gasteiger partial charge < -0.3 is 5.32 Å². The highest BCUT2D eigenvalue weighted by Gasteiger charge is 2.03. The Labute approximate surface area is 98.5 Å². The molecule has 0 aliphatic carbocycles. The molecule has 2 aromatic heterocycles. The summed E-state index contributed by atoms with van der Waals surface area (Å²) >= 11 is 0. The number of aromatic nitrogens is 4. The van der Waals surface area contributed by atoms with Crippen LogP contribution in [0.15, 0.2) is 30.7 Å². The van der Waals surface area contributed by atoms with Gasteiger partial charge in [0.2, 0.25) is 5.91 Å². The fourth-order valence-corrected chi connectivity index (χ4v) is 1.40. The Morgan fingerprint density at radius 2 is 2.29 bits per heavy atom. The maximum atomic E-state index is 11.5. The van der Waals surface area contributed by atoms with Crippen molar-refractivity contribution in [3.63, 3.8) is 0 Å². The van der Waals surface area contributed by atoms with E-state index in [-0.39, 0.29) is 5.91 Å². The van der Waals surface area contributed by atoms with E-state index >= 15 is 0 Å². The van der Waals surface area contributed by atoms with Gasteiger partial charge in [-0.25, -0.2) is 4.98 Å². The SMILES string of the molecule is O=C(Cc1ccccn1)NCCc1ncn[nH]1. The molecule has 0 radical (unpaired) electrons. The standard InChI is InChI=1S/C11H13N5O/c17-11(7-9-3-1-2-5-12-9)13-6-4-10-14-8-15-16-10/h1-3,5,8H,4,6-7H2,(H,13,17)(H,14,15,16). The number of nitrogens with zero attached hydrogens (tertiary/aromatic N) is 3. The van der Waals surface area contributed by atoms with Gasteiger partial charge in [-0.15, -0.1) is 0 Å². The molecule has 0 spiro atoms. The number of amides is 1. The van der Waals surface area contributed by atoms with Crippen LogP contribution in [0.5, 0.6) is 0 Å². The number of hydrogen-bond acceptors (Lipinski definition) is 4. The topological polar surface area (TPSA) is 83.6 Å². The van der Waals surface area contributed by atoms with E-state index in [2.05, 4.69) is 25.5 Å². The summed E-state index contributed by atoms with van der Waals surface area (Å²) in [5, 5.41) is 9.27. The number of hydrogen-bond donors (Lipinski definition) is 2. The normalized spacial score (nSPS) is 10.1. The highest BCUT2D eigenvalue weighted by atomic mass is 16.1. The number of rotatable bonds is 5. The van der Waals surface area contributed by atoms with Gasteiger partial charge in [-0.2, -0.15) is 5.10 Å². The Balaban J connectivity index is 1.71. The van der Waals surface area contributed by atoms with E-state index in [0.29, 0.717) is 19.4 Å². The number of carbonyl (C=O) groups excluding carboxylic acids is 1. The summed E-state index contributed by atoms with van der Waals surface area (Å²) in [5.41, 5.74) is 0.768. The zero-order chi connectivity index (χ0) is 11.9. The summed E-state index contributed by atoms with van der Waals surface area (Å²) < 4.78 is 0. The van der Waals surface area contributed by atoms with Crippen molar-refractivity contribution in [1.29, 1.82) is 0 Å². The third kappa shape index (κ3) is 3.67. The molecule has 0 aliphatic rings. The first-order valence-electron chi connectivity index (χ1n) is 5.35. The van der Waals surface area contributed by atoms with Gasteiger partial charge in [-0.1, -0.05) is 6.07 Å². The van der Waals surface area contributed by atoms with E-state index in [0.717, 1.165) is 11.5 Å². The highest BCUT2D eigenvalue weighted by molar-refractivity contribution is 5.78. The molecule has 17 heavy (non-hydrogen) atoms. The molecule has 2 N–H and O–H groups in total. The monoisotopic (exact) mass is 231 g/mol. The summed E-state index contributed by atoms with van der Waals surface area (Å²) in [6.07, 6.45) is 4.08. The minimum atomic E-state index is -0.0387. The Morgan fingerprint density at radius 1 is 1.35 bits per heavy atom. The summed E-state index contributed by atoms with van der Waals surface area (Å²) in [6.45, 7) is 0.543. The van der Waals surface area contributed by atoms with Crippen molar-refractivity contribution in [2.24, 2.45) is 0 Å². The molecule has 0 aliphatic heterocycles. The summed E-state index contributed by atoms with van der Waals surface area (Å²) in [7, 11) is 0. The molecule has 0 fully saturated rings. The largest absolute Gasteiger partial charge is 0.355 e. The van der Waals surface area contributed by atoms with E-state index in [1.807, 2.05) is 18.2 Å². The predicted octanol–water partition coefficient (Wildman–Crippen LogP) is 0.101. The zero-order valence-electron chi connectivity index (χ0n) is 9.26. The molecule has 0 saturated carbocycles. The molecule has 2 aromatic rings. The second-order valence-electron chi connectivity index (χ2n) is 3.53. The second kappa shape index (κ2) is 5.74. The van der Waals surface area contributed by atoms with Crippen LogP contribution in [-0.2, 0) is 17.6 Å². The molecule has 0 unspecified atom stereocenters. The molecule has 2 heterocycles. The third-order valence-electron chi connectivity index (χ3n) is 2.22. The first-order valence-corrected chi connectivity index (χ1v) is 5.35. The van der Waals surface area contributed by atoms with Gasteiger partial charge in [0.25, 0.3) is 0 Å². The molecule has 2 rings (SSSR count). The molecular weight excluding hydrogens is 218 g/mol. The van der Waals surface area contributed by atoms with Crippen LogP contribution < -0.4 is 5.32 Å². The average molecular weight is 231 g/mol. The van der Waals surface area contributed by atoms with Crippen molar-refractivity contribution in [1.82, 2.24) is 25.5 Å². The van der Waals surface area contributed by atoms with E-state index in [1.165, 1.54) is 6.33 Å². The van der Waals surface area contributed by atoms with E-state index in [4.69, 9.17) is 0 Å². The van der Waals surface area contributed by atoms with Crippen LogP contribution in [0.3, 0.4) is 0 Å². The average Bonchev–Trinajstić information content (AvgIpc) is 2.83. The fourth-order valence-electron chi connectivity index (χ4n) is 1.40. The van der Waals surface area contributed by atoms with Gasteiger partial charge in [0, 0.05) is 24.9 Å². The lowest BCUT2D eigenvalue weighted by atomic mass is 10.2. The van der Waals surface area contributed by atoms with Crippen molar-refractivity contribution in [3.05, 3.63) is 42.2 Å². The summed E-state index contributed by atoms with van der Waals surface area (Å²) in [5.74, 6) is 0.728. The van der Waals surface area contributed by atoms with Crippen molar-refractivity contribution in [2.45, 2.75) is 12.8 Å². The third-order valence-corrected chi connectivity index (χ3v) is 2.22. The molecule has 1 amide bonds. The Kier molecular flexibility index (Phi) is 3.80. The van der Waals surface area contributed by atoms with Crippen LogP contribution in [0.2, 0.25) is 0 Å². The molecule has 0 atom stereocenters. The lowest BCUT2D eigenvalue weighted by molar-refractivity contribution is -0.120. The molecular formula is C11H13N5O. The molecule has 0 bridgehead atoms. The number of pyridine rings is 1. The van der Waals surface area contributed by atoms with Crippen molar-refractivity contribution < 1.29 is 4.79 Å². The number of aromatic amines is 1. The number of nitrogens with one attached hydrogen (secondary N) is 2. The first kappa shape index (κ1) is 11.3. The molecule has 0 aromatic carbocycles. The van der Waals surface area contributed by atoms with E-state index in [9.17, 15) is 4.79 Å². The Morgan fingerprint density at radius 3 is 3.00 bits per heavy atom. The van der Waals surface area contributed by atoms with Crippen LogP contribution >= 0.6 is 0 Å². The van der Waals surface area contributed by atoms with Crippen molar-refractivity contribution >= 4 is 5.91 Å². The Bertz CT molecular complexity index is 454. The molecule has 6 heteroatoms. The van der Waals surface area contributed by atoms with Gasteiger partial charge in [0.05, 0.1) is 6.42 Å². The number of carbonyl (C=O) groups is 1. The minimum absolute atomic E-state index is 0.0387. The van der Waals surface area contributed by atoms with Crippen LogP contribution in [0, 0.1) is 0 Å². The maximum absolute atomic E-state index is 11.5. The quantitative estimate of drug-likeness (QED) is 0.764. The van der Waals surface area contributed by atoms with Crippen molar-refractivity contribution in [2.75, 3.05) is 6.54 Å². The van der Waals surface area contributed by atoms with Crippen LogP contribution in [0.1, 0.15) is 11.5 Å². The highest BCUT2D eigenvalue weighted by Crippen LogP contribution is 1.94. The van der Waals surface area contributed by atoms with Gasteiger partial charge in [-0.3, -0.25) is 14.9 Å². The lowest BCUT2D eigenvalue weighted by Gasteiger charge is -2.03. The van der Waals surface area contributed by atoms with Gasteiger partial charge >= 0.3 is 0 Å². The molecule has 88 valence electrons. The minimum Gasteiger partial charge on any atom is -0.355 e. The molecule has 0 saturated heterocycles. The molecule has 6 nitrogen and oxygen atoms in total. The maximum Gasteiger partial charge on any atom is 0.226 e. The van der Waals surface area contributed by atoms with Gasteiger partial charge in [-0.05, 0) is 12.1 Å². The fraction of sp³-hybridized carbons (Fsp3) is 0.273. The van der Waals surface area contributed by atoms with E-state index < -0.39 is 0 Å². The van der Waals surface area contributed by atoms with E-state index in [1.54, 1.807) is 6.20 Å². The number of H-pyrrole nitrogens is 1. The lowest BCUT2D eigenvalue weighted by Crippen LogP contribution is -2.27. The van der Waals surface area contributed by atoms with Gasteiger partial charge in [0.15, 0.2) is 0 Å². The smallest absolute Gasteiger partial charge is 0.226 e.